The van der Waals surface area contributed by atoms with Crippen LogP contribution in [0.15, 0.2) is 36.4 Å². The Bertz CT molecular complexity index is 742. The van der Waals surface area contributed by atoms with Crippen molar-refractivity contribution >= 4 is 5.91 Å². The molecule has 0 aliphatic carbocycles. The first-order valence-corrected chi connectivity index (χ1v) is 7.97. The Labute approximate surface area is 141 Å². The molecule has 5 nitrogen and oxygen atoms in total. The van der Waals surface area contributed by atoms with Gasteiger partial charge in [-0.2, -0.15) is 0 Å². The standard InChI is InChI=1S/C19H21NO4/c1-13-3-4-14(2)17(9-13)24-12-19(21)20-11-15-5-6-16-18(10-15)23-8-7-22-16/h3-6,9-10H,7-8,11-12H2,1-2H3,(H,20,21). The van der Waals surface area contributed by atoms with Crippen molar-refractivity contribution in [3.8, 4) is 17.2 Å². The largest absolute Gasteiger partial charge is 0.486 e. The van der Waals surface area contributed by atoms with Gasteiger partial charge in [-0.3, -0.25) is 4.79 Å². The maximum absolute atomic E-state index is 12.0. The zero-order valence-corrected chi connectivity index (χ0v) is 13.9. The molecule has 1 N–H and O–H groups in total. The molecule has 126 valence electrons. The molecule has 3 rings (SSSR count). The van der Waals surface area contributed by atoms with Crippen LogP contribution in [0.1, 0.15) is 16.7 Å². The van der Waals surface area contributed by atoms with E-state index in [9.17, 15) is 4.79 Å². The Morgan fingerprint density at radius 2 is 1.88 bits per heavy atom. The van der Waals surface area contributed by atoms with Crippen molar-refractivity contribution in [3.05, 3.63) is 53.1 Å². The van der Waals surface area contributed by atoms with Gasteiger partial charge in [-0.15, -0.1) is 0 Å². The topological polar surface area (TPSA) is 56.8 Å². The molecule has 0 saturated heterocycles. The van der Waals surface area contributed by atoms with Crippen molar-refractivity contribution in [2.45, 2.75) is 20.4 Å². The number of benzene rings is 2. The second kappa shape index (κ2) is 7.25. The van der Waals surface area contributed by atoms with Crippen LogP contribution in [0.25, 0.3) is 0 Å². The Morgan fingerprint density at radius 1 is 1.08 bits per heavy atom. The van der Waals surface area contributed by atoms with Crippen molar-refractivity contribution < 1.29 is 19.0 Å². The van der Waals surface area contributed by atoms with E-state index in [0.29, 0.717) is 19.8 Å². The molecule has 1 amide bonds. The first-order valence-electron chi connectivity index (χ1n) is 7.97. The Kier molecular flexibility index (Phi) is 4.89. The number of aryl methyl sites for hydroxylation is 2. The third-order valence-corrected chi connectivity index (χ3v) is 3.80. The minimum Gasteiger partial charge on any atom is -0.486 e. The fourth-order valence-corrected chi connectivity index (χ4v) is 2.46. The van der Waals surface area contributed by atoms with Crippen molar-refractivity contribution in [1.29, 1.82) is 0 Å². The van der Waals surface area contributed by atoms with E-state index in [1.807, 2.05) is 50.2 Å². The quantitative estimate of drug-likeness (QED) is 0.917. The van der Waals surface area contributed by atoms with E-state index < -0.39 is 0 Å². The molecule has 1 aliphatic rings. The van der Waals surface area contributed by atoms with E-state index in [2.05, 4.69) is 5.32 Å². The van der Waals surface area contributed by atoms with Crippen LogP contribution in [0, 0.1) is 13.8 Å². The number of carbonyl (C=O) groups is 1. The van der Waals surface area contributed by atoms with Gasteiger partial charge >= 0.3 is 0 Å². The second-order valence-electron chi connectivity index (χ2n) is 5.81. The molecular formula is C19H21NO4. The molecule has 0 spiro atoms. The number of amides is 1. The number of hydrogen-bond acceptors (Lipinski definition) is 4. The Morgan fingerprint density at radius 3 is 2.71 bits per heavy atom. The molecule has 0 saturated carbocycles. The lowest BCUT2D eigenvalue weighted by molar-refractivity contribution is -0.123. The van der Waals surface area contributed by atoms with Gasteiger partial charge in [0.25, 0.3) is 5.91 Å². The predicted molar refractivity (Wildman–Crippen MR) is 90.7 cm³/mol. The van der Waals surface area contributed by atoms with Gasteiger partial charge < -0.3 is 19.5 Å². The summed E-state index contributed by atoms with van der Waals surface area (Å²) in [6.45, 7) is 5.49. The molecule has 2 aromatic carbocycles. The van der Waals surface area contributed by atoms with Crippen LogP contribution in [0.2, 0.25) is 0 Å². The summed E-state index contributed by atoms with van der Waals surface area (Å²) in [6, 6.07) is 11.6. The van der Waals surface area contributed by atoms with Crippen LogP contribution in [-0.2, 0) is 11.3 Å². The van der Waals surface area contributed by atoms with Gasteiger partial charge in [-0.1, -0.05) is 18.2 Å². The first kappa shape index (κ1) is 16.2. The van der Waals surface area contributed by atoms with Crippen LogP contribution in [0.5, 0.6) is 17.2 Å². The average molecular weight is 327 g/mol. The number of ether oxygens (including phenoxy) is 3. The van der Waals surface area contributed by atoms with Gasteiger partial charge in [0.2, 0.25) is 0 Å². The SMILES string of the molecule is Cc1ccc(C)c(OCC(=O)NCc2ccc3c(c2)OCCO3)c1. The smallest absolute Gasteiger partial charge is 0.258 e. The maximum atomic E-state index is 12.0. The predicted octanol–water partition coefficient (Wildman–Crippen LogP) is 2.77. The van der Waals surface area contributed by atoms with E-state index in [-0.39, 0.29) is 12.5 Å². The van der Waals surface area contributed by atoms with E-state index in [0.717, 1.165) is 33.9 Å². The molecule has 0 bridgehead atoms. The van der Waals surface area contributed by atoms with Gasteiger partial charge in [0.05, 0.1) is 0 Å². The van der Waals surface area contributed by atoms with Crippen molar-refractivity contribution in [2.24, 2.45) is 0 Å². The van der Waals surface area contributed by atoms with Gasteiger partial charge in [0, 0.05) is 6.54 Å². The summed E-state index contributed by atoms with van der Waals surface area (Å²) >= 11 is 0. The maximum Gasteiger partial charge on any atom is 0.258 e. The molecule has 0 unspecified atom stereocenters. The molecule has 0 radical (unpaired) electrons. The van der Waals surface area contributed by atoms with Crippen LogP contribution < -0.4 is 19.5 Å². The summed E-state index contributed by atoms with van der Waals surface area (Å²) in [6.07, 6.45) is 0. The molecule has 0 aromatic heterocycles. The van der Waals surface area contributed by atoms with Gasteiger partial charge in [0.1, 0.15) is 19.0 Å². The fourth-order valence-electron chi connectivity index (χ4n) is 2.46. The molecule has 1 aliphatic heterocycles. The molecule has 2 aromatic rings. The minimum absolute atomic E-state index is 0.00511. The van der Waals surface area contributed by atoms with Crippen molar-refractivity contribution in [2.75, 3.05) is 19.8 Å². The summed E-state index contributed by atoms with van der Waals surface area (Å²) in [5.74, 6) is 2.05. The highest BCUT2D eigenvalue weighted by atomic mass is 16.6. The number of hydrogen-bond donors (Lipinski definition) is 1. The summed E-state index contributed by atoms with van der Waals surface area (Å²) < 4.78 is 16.6. The highest BCUT2D eigenvalue weighted by Crippen LogP contribution is 2.30. The normalized spacial score (nSPS) is 12.6. The number of fused-ring (bicyclic) bond motifs is 1. The van der Waals surface area contributed by atoms with Crippen LogP contribution in [0.3, 0.4) is 0 Å². The highest BCUT2D eigenvalue weighted by Gasteiger charge is 2.12. The molecule has 24 heavy (non-hydrogen) atoms. The molecule has 5 heteroatoms. The third-order valence-electron chi connectivity index (χ3n) is 3.80. The second-order valence-corrected chi connectivity index (χ2v) is 5.81. The fraction of sp³-hybridized carbons (Fsp3) is 0.316. The lowest BCUT2D eigenvalue weighted by Crippen LogP contribution is -2.28. The number of nitrogens with one attached hydrogen (secondary N) is 1. The lowest BCUT2D eigenvalue weighted by atomic mass is 10.1. The average Bonchev–Trinajstić information content (AvgIpc) is 2.60. The summed E-state index contributed by atoms with van der Waals surface area (Å²) in [4.78, 5) is 12.0. The van der Waals surface area contributed by atoms with Gasteiger partial charge in [0.15, 0.2) is 18.1 Å². The Hall–Kier alpha value is -2.69. The summed E-state index contributed by atoms with van der Waals surface area (Å²) in [5, 5.41) is 2.85. The van der Waals surface area contributed by atoms with Gasteiger partial charge in [-0.05, 0) is 48.7 Å². The molecular weight excluding hydrogens is 306 g/mol. The number of rotatable bonds is 5. The van der Waals surface area contributed by atoms with Crippen LogP contribution in [0.4, 0.5) is 0 Å². The molecule has 1 heterocycles. The number of carbonyl (C=O) groups excluding carboxylic acids is 1. The zero-order valence-electron chi connectivity index (χ0n) is 13.9. The third kappa shape index (κ3) is 3.98. The van der Waals surface area contributed by atoms with Crippen molar-refractivity contribution in [3.63, 3.8) is 0 Å². The highest BCUT2D eigenvalue weighted by molar-refractivity contribution is 5.77. The van der Waals surface area contributed by atoms with E-state index >= 15 is 0 Å². The van der Waals surface area contributed by atoms with Crippen LogP contribution >= 0.6 is 0 Å². The summed E-state index contributed by atoms with van der Waals surface area (Å²) in [7, 11) is 0. The minimum atomic E-state index is -0.161. The van der Waals surface area contributed by atoms with E-state index in [1.54, 1.807) is 0 Å². The monoisotopic (exact) mass is 327 g/mol. The first-order chi connectivity index (χ1) is 11.6. The van der Waals surface area contributed by atoms with Crippen LogP contribution in [-0.4, -0.2) is 25.7 Å². The lowest BCUT2D eigenvalue weighted by Gasteiger charge is -2.19. The van der Waals surface area contributed by atoms with Gasteiger partial charge in [-0.25, -0.2) is 0 Å². The summed E-state index contributed by atoms with van der Waals surface area (Å²) in [5.41, 5.74) is 3.08. The van der Waals surface area contributed by atoms with E-state index in [1.165, 1.54) is 0 Å². The molecule has 0 atom stereocenters. The zero-order chi connectivity index (χ0) is 16.9. The van der Waals surface area contributed by atoms with Crippen molar-refractivity contribution in [1.82, 2.24) is 5.32 Å². The molecule has 0 fully saturated rings. The van der Waals surface area contributed by atoms with E-state index in [4.69, 9.17) is 14.2 Å². The Balaban J connectivity index is 1.51.